The van der Waals surface area contributed by atoms with Crippen molar-refractivity contribution in [2.45, 2.75) is 63.5 Å². The topological polar surface area (TPSA) is 90.2 Å². The van der Waals surface area contributed by atoms with Crippen molar-refractivity contribution in [3.05, 3.63) is 82.9 Å². The monoisotopic (exact) mass is 620 g/mol. The van der Waals surface area contributed by atoms with Crippen LogP contribution in [0.25, 0.3) is 22.2 Å². The molecule has 3 aromatic carbocycles. The smallest absolute Gasteiger partial charge is 0.337 e. The van der Waals surface area contributed by atoms with Crippen molar-refractivity contribution in [1.82, 2.24) is 9.47 Å². The zero-order valence-electron chi connectivity index (χ0n) is 26.3. The first kappa shape index (κ1) is 29.1. The maximum Gasteiger partial charge on any atom is 0.337 e. The number of methoxy groups -OCH3 is 1. The van der Waals surface area contributed by atoms with E-state index < -0.39 is 5.41 Å². The molecule has 4 aliphatic rings. The second-order valence-corrected chi connectivity index (χ2v) is 13.4. The van der Waals surface area contributed by atoms with Crippen LogP contribution in [-0.2, 0) is 27.4 Å². The predicted octanol–water partition coefficient (Wildman–Crippen LogP) is 6.77. The third kappa shape index (κ3) is 4.85. The lowest BCUT2D eigenvalue weighted by molar-refractivity contribution is -0.141. The van der Waals surface area contributed by atoms with Crippen LogP contribution in [-0.4, -0.2) is 59.9 Å². The first-order chi connectivity index (χ1) is 22.5. The SMILES string of the molecule is COC(=O)c1ccc2c(C3CCCCC3)c3n(c2c1)CC1(C(=O)N2CCOCC2)CC1c1cc(OCc2cccc(O)c2)ccc1-3. The Morgan fingerprint density at radius 2 is 1.83 bits per heavy atom. The third-order valence-corrected chi connectivity index (χ3v) is 10.7. The highest BCUT2D eigenvalue weighted by atomic mass is 16.5. The van der Waals surface area contributed by atoms with Crippen molar-refractivity contribution in [1.29, 1.82) is 0 Å². The zero-order chi connectivity index (χ0) is 31.4. The van der Waals surface area contributed by atoms with Crippen LogP contribution in [0.15, 0.2) is 60.7 Å². The molecule has 2 aliphatic carbocycles. The van der Waals surface area contributed by atoms with E-state index in [0.29, 0.717) is 50.9 Å². The second kappa shape index (κ2) is 11.5. The van der Waals surface area contributed by atoms with Gasteiger partial charge >= 0.3 is 5.97 Å². The zero-order valence-corrected chi connectivity index (χ0v) is 26.3. The molecule has 8 heteroatoms. The Hall–Kier alpha value is -4.30. The molecule has 4 aromatic rings. The molecule has 0 bridgehead atoms. The van der Waals surface area contributed by atoms with Crippen LogP contribution >= 0.6 is 0 Å². The number of aromatic hydroxyl groups is 1. The van der Waals surface area contributed by atoms with Crippen molar-refractivity contribution in [3.63, 3.8) is 0 Å². The average Bonchev–Trinajstić information content (AvgIpc) is 3.77. The minimum Gasteiger partial charge on any atom is -0.508 e. The number of aromatic nitrogens is 1. The standard InChI is InChI=1S/C38H40N2O6/c1-44-36(42)26-10-12-30-33(19-26)40-23-38(37(43)39-14-16-45-17-15-39)21-32(38)31-20-28(46-22-24-6-5-9-27(41)18-24)11-13-29(31)35(40)34(30)25-7-3-2-4-8-25/h5-6,9-13,18-20,25,32,41H,2-4,7-8,14-17,21-23H2,1H3. The van der Waals surface area contributed by atoms with Crippen LogP contribution in [0.5, 0.6) is 11.5 Å². The van der Waals surface area contributed by atoms with Gasteiger partial charge in [0, 0.05) is 42.0 Å². The van der Waals surface area contributed by atoms with Crippen molar-refractivity contribution in [2.24, 2.45) is 5.41 Å². The Balaban J connectivity index is 1.30. The maximum absolute atomic E-state index is 14.5. The summed E-state index contributed by atoms with van der Waals surface area (Å²) >= 11 is 0. The quantitative estimate of drug-likeness (QED) is 0.239. The fraction of sp³-hybridized carbons (Fsp3) is 0.421. The highest BCUT2D eigenvalue weighted by Crippen LogP contribution is 2.66. The first-order valence-corrected chi connectivity index (χ1v) is 16.6. The number of hydrogen-bond acceptors (Lipinski definition) is 6. The van der Waals surface area contributed by atoms with E-state index in [2.05, 4.69) is 22.8 Å². The molecule has 2 saturated carbocycles. The molecule has 1 saturated heterocycles. The summed E-state index contributed by atoms with van der Waals surface area (Å²) in [6.45, 7) is 3.22. The first-order valence-electron chi connectivity index (χ1n) is 16.6. The number of morpholine rings is 1. The van der Waals surface area contributed by atoms with E-state index >= 15 is 0 Å². The summed E-state index contributed by atoms with van der Waals surface area (Å²) in [7, 11) is 1.42. The number of carbonyl (C=O) groups is 2. The molecule has 1 N–H and O–H groups in total. The van der Waals surface area contributed by atoms with Gasteiger partial charge in [0.25, 0.3) is 0 Å². The van der Waals surface area contributed by atoms with Gasteiger partial charge in [0.1, 0.15) is 18.1 Å². The van der Waals surface area contributed by atoms with Crippen LogP contribution in [0.3, 0.4) is 0 Å². The number of esters is 1. The van der Waals surface area contributed by atoms with E-state index in [1.54, 1.807) is 12.1 Å². The van der Waals surface area contributed by atoms with Gasteiger partial charge in [-0.25, -0.2) is 4.79 Å². The summed E-state index contributed by atoms with van der Waals surface area (Å²) in [5.41, 5.74) is 6.65. The van der Waals surface area contributed by atoms with E-state index in [4.69, 9.17) is 14.2 Å². The molecule has 0 radical (unpaired) electrons. The Morgan fingerprint density at radius 3 is 2.61 bits per heavy atom. The molecular formula is C38H40N2O6. The number of benzene rings is 3. The highest BCUT2D eigenvalue weighted by Gasteiger charge is 2.64. The van der Waals surface area contributed by atoms with Crippen LogP contribution in [0.4, 0.5) is 0 Å². The molecule has 3 fully saturated rings. The average molecular weight is 621 g/mol. The second-order valence-electron chi connectivity index (χ2n) is 13.4. The molecule has 1 aromatic heterocycles. The van der Waals surface area contributed by atoms with E-state index in [-0.39, 0.29) is 23.5 Å². The number of fused-ring (bicyclic) bond motifs is 7. The van der Waals surface area contributed by atoms with Gasteiger partial charge in [-0.2, -0.15) is 0 Å². The molecular weight excluding hydrogens is 580 g/mol. The molecule has 8 nitrogen and oxygen atoms in total. The molecule has 3 heterocycles. The van der Waals surface area contributed by atoms with Gasteiger partial charge in [-0.1, -0.05) is 37.5 Å². The van der Waals surface area contributed by atoms with Gasteiger partial charge in [-0.15, -0.1) is 0 Å². The minimum absolute atomic E-state index is 0.0557. The number of rotatable bonds is 6. The molecule has 2 atom stereocenters. The lowest BCUT2D eigenvalue weighted by Gasteiger charge is -2.31. The van der Waals surface area contributed by atoms with Crippen LogP contribution in [0.1, 0.15) is 77.4 Å². The number of phenols is 1. The number of carbonyl (C=O) groups excluding carboxylic acids is 2. The molecule has 2 aliphatic heterocycles. The molecule has 1 amide bonds. The maximum atomic E-state index is 14.5. The number of hydrogen-bond donors (Lipinski definition) is 1. The highest BCUT2D eigenvalue weighted by molar-refractivity contribution is 6.00. The number of nitrogens with zero attached hydrogens (tertiary/aromatic N) is 2. The number of ether oxygens (including phenoxy) is 3. The van der Waals surface area contributed by atoms with Crippen molar-refractivity contribution in [3.8, 4) is 22.8 Å². The molecule has 8 rings (SSSR count). The van der Waals surface area contributed by atoms with Gasteiger partial charge < -0.3 is 28.8 Å². The summed E-state index contributed by atoms with van der Waals surface area (Å²) in [6, 6.07) is 19.4. The summed E-state index contributed by atoms with van der Waals surface area (Å²) in [4.78, 5) is 29.2. The van der Waals surface area contributed by atoms with E-state index in [0.717, 1.165) is 52.6 Å². The van der Waals surface area contributed by atoms with E-state index in [1.807, 2.05) is 35.2 Å². The van der Waals surface area contributed by atoms with Crippen molar-refractivity contribution in [2.75, 3.05) is 33.4 Å². The van der Waals surface area contributed by atoms with Crippen LogP contribution in [0, 0.1) is 5.41 Å². The summed E-state index contributed by atoms with van der Waals surface area (Å²) in [6.07, 6.45) is 6.69. The van der Waals surface area contributed by atoms with Crippen LogP contribution in [0.2, 0.25) is 0 Å². The Kier molecular flexibility index (Phi) is 7.28. The lowest BCUT2D eigenvalue weighted by atomic mass is 9.81. The van der Waals surface area contributed by atoms with Crippen molar-refractivity contribution < 1.29 is 28.9 Å². The number of amides is 1. The van der Waals surface area contributed by atoms with Gasteiger partial charge in [0.05, 0.1) is 37.0 Å². The van der Waals surface area contributed by atoms with Gasteiger partial charge in [-0.3, -0.25) is 4.79 Å². The summed E-state index contributed by atoms with van der Waals surface area (Å²) in [5, 5.41) is 11.1. The van der Waals surface area contributed by atoms with E-state index in [9.17, 15) is 14.7 Å². The predicted molar refractivity (Wildman–Crippen MR) is 174 cm³/mol. The van der Waals surface area contributed by atoms with Gasteiger partial charge in [0.2, 0.25) is 5.91 Å². The minimum atomic E-state index is -0.585. The largest absolute Gasteiger partial charge is 0.508 e. The number of phenolic OH excluding ortho intramolecular Hbond substituents is 1. The molecule has 238 valence electrons. The summed E-state index contributed by atoms with van der Waals surface area (Å²) in [5.74, 6) is 1.26. The van der Waals surface area contributed by atoms with Crippen molar-refractivity contribution >= 4 is 22.8 Å². The molecule has 2 unspecified atom stereocenters. The normalized spacial score (nSPS) is 22.4. The van der Waals surface area contributed by atoms with Gasteiger partial charge in [-0.05, 0) is 84.3 Å². The molecule has 0 spiro atoms. The fourth-order valence-corrected chi connectivity index (χ4v) is 8.38. The Morgan fingerprint density at radius 1 is 1.00 bits per heavy atom. The van der Waals surface area contributed by atoms with E-state index in [1.165, 1.54) is 37.6 Å². The summed E-state index contributed by atoms with van der Waals surface area (Å²) < 4.78 is 19.4. The van der Waals surface area contributed by atoms with Gasteiger partial charge in [0.15, 0.2) is 0 Å². The molecule has 46 heavy (non-hydrogen) atoms. The van der Waals surface area contributed by atoms with Crippen LogP contribution < -0.4 is 4.74 Å². The Bertz CT molecular complexity index is 1830. The third-order valence-electron chi connectivity index (χ3n) is 10.7. The Labute approximate surface area is 268 Å². The lowest BCUT2D eigenvalue weighted by Crippen LogP contribution is -2.45. The fourth-order valence-electron chi connectivity index (χ4n) is 8.38.